The minimum atomic E-state index is 0.0496. The van der Waals surface area contributed by atoms with Crippen LogP contribution < -0.4 is 21.8 Å². The van der Waals surface area contributed by atoms with E-state index >= 15 is 0 Å². The third-order valence-electron chi connectivity index (χ3n) is 9.87. The molecule has 5 N–H and O–H groups in total. The fraction of sp³-hybridized carbons (Fsp3) is 0.375. The molecule has 1 amide bonds. The van der Waals surface area contributed by atoms with Crippen LogP contribution in [0.4, 0.5) is 5.69 Å². The molecule has 0 aliphatic carbocycles. The summed E-state index contributed by atoms with van der Waals surface area (Å²) in [6, 6.07) is 25.1. The van der Waals surface area contributed by atoms with Crippen LogP contribution >= 0.6 is 20.8 Å². The van der Waals surface area contributed by atoms with E-state index in [1.807, 2.05) is 35.4 Å². The van der Waals surface area contributed by atoms with E-state index in [0.717, 1.165) is 54.0 Å². The molecule has 49 heavy (non-hydrogen) atoms. The number of allylic oxidation sites excluding steroid dienone is 1. The van der Waals surface area contributed by atoms with Crippen LogP contribution in [0.2, 0.25) is 5.02 Å². The van der Waals surface area contributed by atoms with Gasteiger partial charge in [-0.25, -0.2) is 5.84 Å². The first-order valence-electron chi connectivity index (χ1n) is 17.3. The number of anilines is 1. The van der Waals surface area contributed by atoms with Gasteiger partial charge in [0.25, 0.3) is 0 Å². The lowest BCUT2D eigenvalue weighted by Gasteiger charge is -2.34. The van der Waals surface area contributed by atoms with Crippen molar-refractivity contribution in [1.82, 2.24) is 15.2 Å². The van der Waals surface area contributed by atoms with Gasteiger partial charge in [-0.1, -0.05) is 105 Å². The number of nitrogens with zero attached hydrogens (tertiary/aromatic N) is 3. The summed E-state index contributed by atoms with van der Waals surface area (Å²) in [6.07, 6.45) is 6.16. The zero-order valence-electron chi connectivity index (χ0n) is 29.0. The highest BCUT2D eigenvalue weighted by atomic mass is 35.5. The molecule has 3 aromatic carbocycles. The molecular weight excluding hydrogens is 647 g/mol. The van der Waals surface area contributed by atoms with Crippen molar-refractivity contribution >= 4 is 32.4 Å². The highest BCUT2D eigenvalue weighted by Gasteiger charge is 2.37. The number of likely N-dealkylation sites (tertiary alicyclic amines) is 1. The van der Waals surface area contributed by atoms with Crippen molar-refractivity contribution in [2.24, 2.45) is 17.5 Å². The van der Waals surface area contributed by atoms with Crippen LogP contribution in [-0.2, 0) is 24.2 Å². The number of hydrogen-bond acceptors (Lipinski definition) is 6. The van der Waals surface area contributed by atoms with Crippen LogP contribution in [0.5, 0.6) is 0 Å². The lowest BCUT2D eigenvalue weighted by Crippen LogP contribution is -2.40. The fourth-order valence-corrected chi connectivity index (χ4v) is 7.25. The van der Waals surface area contributed by atoms with Crippen LogP contribution in [0.25, 0.3) is 0 Å². The number of rotatable bonds is 15. The standard InChI is InChI=1S/C40H52ClN6OP/c1-27(2)29(4)37-23-36(26-46(37)28(3)20-21-45-38-22-34(41)17-15-32(38)16-19-39(45)48)47(43)25-35(42)18-12-30-10-13-33(14-11-30)40(49)44-24-31-8-6-5-7-9-31/h5-11,13-15,17,22,25,27,36-37,40,44H,3-4,12,16,18-21,23-24,26,42-43,49H2,1-2H3/b35-25-. The second-order valence-corrected chi connectivity index (χ2v) is 14.8. The number of hydrazine groups is 1. The molecule has 0 radical (unpaired) electrons. The summed E-state index contributed by atoms with van der Waals surface area (Å²) in [5.74, 6) is 7.28. The van der Waals surface area contributed by atoms with Gasteiger partial charge in [0.1, 0.15) is 0 Å². The Morgan fingerprint density at radius 2 is 1.80 bits per heavy atom. The molecule has 260 valence electrons. The first-order chi connectivity index (χ1) is 23.5. The van der Waals surface area contributed by atoms with Gasteiger partial charge in [0, 0.05) is 66.6 Å². The van der Waals surface area contributed by atoms with Gasteiger partial charge in [0.2, 0.25) is 5.91 Å². The maximum atomic E-state index is 12.9. The quantitative estimate of drug-likeness (QED) is 0.0662. The first kappa shape index (κ1) is 36.7. The van der Waals surface area contributed by atoms with Gasteiger partial charge in [-0.05, 0) is 66.0 Å². The van der Waals surface area contributed by atoms with Crippen molar-refractivity contribution in [2.75, 3.05) is 18.0 Å². The molecule has 1 fully saturated rings. The first-order valence-corrected chi connectivity index (χ1v) is 18.4. The van der Waals surface area contributed by atoms with Crippen molar-refractivity contribution in [3.63, 3.8) is 0 Å². The van der Waals surface area contributed by atoms with E-state index in [1.165, 1.54) is 16.7 Å². The molecule has 0 aromatic heterocycles. The third-order valence-corrected chi connectivity index (χ3v) is 10.7. The van der Waals surface area contributed by atoms with E-state index in [9.17, 15) is 4.79 Å². The maximum Gasteiger partial charge on any atom is 0.227 e. The molecule has 2 aliphatic heterocycles. The molecule has 0 bridgehead atoms. The molecule has 9 heteroatoms. The van der Waals surface area contributed by atoms with Crippen LogP contribution in [0.1, 0.15) is 67.6 Å². The number of carbonyl (C=O) groups is 1. The Hall–Kier alpha value is -3.61. The Morgan fingerprint density at radius 3 is 2.51 bits per heavy atom. The Balaban J connectivity index is 1.16. The molecule has 2 heterocycles. The van der Waals surface area contributed by atoms with Gasteiger partial charge >= 0.3 is 0 Å². The van der Waals surface area contributed by atoms with Gasteiger partial charge < -0.3 is 25.9 Å². The van der Waals surface area contributed by atoms with Crippen molar-refractivity contribution in [1.29, 1.82) is 0 Å². The summed E-state index contributed by atoms with van der Waals surface area (Å²) < 4.78 is 0. The summed E-state index contributed by atoms with van der Waals surface area (Å²) in [5, 5.41) is 5.98. The summed E-state index contributed by atoms with van der Waals surface area (Å²) in [4.78, 5) is 17.1. The SMILES string of the molecule is C=C(C(C)C)C1CC(N(N)/C=C(\N)CCc2ccc(C(P)NCc3ccccc3)cc2)CN1C(=C)CCN1C(=O)CCc2ccc(Cl)cc21. The fourth-order valence-electron chi connectivity index (χ4n) is 6.74. The average molecular weight is 699 g/mol. The number of carbonyl (C=O) groups excluding carboxylic acids is 1. The number of halogens is 1. The van der Waals surface area contributed by atoms with E-state index in [0.29, 0.717) is 43.3 Å². The van der Waals surface area contributed by atoms with Crippen molar-refractivity contribution < 1.29 is 4.79 Å². The summed E-state index contributed by atoms with van der Waals surface area (Å²) in [6.45, 7) is 15.4. The van der Waals surface area contributed by atoms with Crippen molar-refractivity contribution in [3.8, 4) is 0 Å². The number of hydrogen-bond donors (Lipinski definition) is 3. The van der Waals surface area contributed by atoms with Crippen LogP contribution in [0.15, 0.2) is 109 Å². The van der Waals surface area contributed by atoms with E-state index < -0.39 is 0 Å². The molecule has 0 saturated carbocycles. The average Bonchev–Trinajstić information content (AvgIpc) is 3.55. The maximum absolute atomic E-state index is 12.9. The number of nitrogens with one attached hydrogen (secondary N) is 1. The molecule has 4 atom stereocenters. The number of amides is 1. The number of aryl methyl sites for hydroxylation is 2. The Labute approximate surface area is 300 Å². The minimum Gasteiger partial charge on any atom is -0.401 e. The van der Waals surface area contributed by atoms with Gasteiger partial charge in [-0.3, -0.25) is 4.79 Å². The van der Waals surface area contributed by atoms with Gasteiger partial charge in [0.15, 0.2) is 0 Å². The van der Waals surface area contributed by atoms with Crippen molar-refractivity contribution in [2.45, 2.75) is 76.8 Å². The summed E-state index contributed by atoms with van der Waals surface area (Å²) in [7, 11) is 2.89. The molecule has 0 spiro atoms. The van der Waals surface area contributed by atoms with Crippen LogP contribution in [0, 0.1) is 5.92 Å². The molecular formula is C40H52ClN6OP. The van der Waals surface area contributed by atoms with E-state index in [-0.39, 0.29) is 23.8 Å². The monoisotopic (exact) mass is 698 g/mol. The number of benzene rings is 3. The van der Waals surface area contributed by atoms with E-state index in [1.54, 1.807) is 5.01 Å². The van der Waals surface area contributed by atoms with Crippen LogP contribution in [0.3, 0.4) is 0 Å². The molecule has 3 aromatic rings. The molecule has 2 aliphatic rings. The molecule has 5 rings (SSSR count). The highest BCUT2D eigenvalue weighted by molar-refractivity contribution is 7.17. The number of nitrogens with two attached hydrogens (primary N) is 2. The lowest BCUT2D eigenvalue weighted by molar-refractivity contribution is -0.118. The lowest BCUT2D eigenvalue weighted by atomic mass is 9.94. The van der Waals surface area contributed by atoms with Gasteiger partial charge in [-0.15, -0.1) is 9.24 Å². The third kappa shape index (κ3) is 9.55. The summed E-state index contributed by atoms with van der Waals surface area (Å²) in [5.41, 5.74) is 15.2. The Kier molecular flexibility index (Phi) is 12.6. The predicted octanol–water partition coefficient (Wildman–Crippen LogP) is 7.45. The number of fused-ring (bicyclic) bond motifs is 1. The van der Waals surface area contributed by atoms with Crippen molar-refractivity contribution in [3.05, 3.63) is 136 Å². The predicted molar refractivity (Wildman–Crippen MR) is 208 cm³/mol. The minimum absolute atomic E-state index is 0.0496. The Bertz CT molecular complexity index is 1640. The second kappa shape index (κ2) is 16.9. The highest BCUT2D eigenvalue weighted by Crippen LogP contribution is 2.35. The topological polar surface area (TPSA) is 90.9 Å². The smallest absolute Gasteiger partial charge is 0.227 e. The van der Waals surface area contributed by atoms with Gasteiger partial charge in [-0.2, -0.15) is 0 Å². The largest absolute Gasteiger partial charge is 0.401 e. The van der Waals surface area contributed by atoms with Crippen LogP contribution in [-0.4, -0.2) is 41.0 Å². The zero-order chi connectivity index (χ0) is 35.1. The Morgan fingerprint density at radius 1 is 1.06 bits per heavy atom. The second-order valence-electron chi connectivity index (χ2n) is 13.7. The zero-order valence-corrected chi connectivity index (χ0v) is 30.9. The summed E-state index contributed by atoms with van der Waals surface area (Å²) >= 11 is 6.31. The van der Waals surface area contributed by atoms with Gasteiger partial charge in [0.05, 0.1) is 12.1 Å². The van der Waals surface area contributed by atoms with E-state index in [2.05, 4.69) is 95.0 Å². The normalized spacial score (nSPS) is 18.5. The molecule has 4 unspecified atom stereocenters. The van der Waals surface area contributed by atoms with E-state index in [4.69, 9.17) is 23.2 Å². The molecule has 7 nitrogen and oxygen atoms in total. The molecule has 1 saturated heterocycles.